The Balaban J connectivity index is 2.17. The van der Waals surface area contributed by atoms with E-state index in [0.29, 0.717) is 5.69 Å². The van der Waals surface area contributed by atoms with Crippen molar-refractivity contribution in [2.24, 2.45) is 0 Å². The molecule has 4 heteroatoms. The summed E-state index contributed by atoms with van der Waals surface area (Å²) in [6.07, 6.45) is 0.926. The second-order valence-corrected chi connectivity index (χ2v) is 4.84. The molecular weight excluding hydrogens is 238 g/mol. The van der Waals surface area contributed by atoms with Crippen molar-refractivity contribution in [1.29, 1.82) is 0 Å². The number of rotatable bonds is 2. The Bertz CT molecular complexity index is 630. The molecule has 0 saturated heterocycles. The van der Waals surface area contributed by atoms with E-state index in [1.54, 1.807) is 0 Å². The van der Waals surface area contributed by atoms with Crippen LogP contribution >= 0.6 is 0 Å². The van der Waals surface area contributed by atoms with E-state index in [4.69, 9.17) is 0 Å². The Hall–Kier alpha value is -2.23. The van der Waals surface area contributed by atoms with Crippen LogP contribution in [-0.2, 0) is 0 Å². The van der Waals surface area contributed by atoms with Gasteiger partial charge in [-0.1, -0.05) is 19.1 Å². The Morgan fingerprint density at radius 2 is 2.00 bits per heavy atom. The van der Waals surface area contributed by atoms with Gasteiger partial charge in [0.25, 0.3) is 5.91 Å². The van der Waals surface area contributed by atoms with E-state index in [1.165, 1.54) is 0 Å². The molecule has 1 aliphatic heterocycles. The number of carbonyl (C=O) groups excluding carboxylic acids is 1. The summed E-state index contributed by atoms with van der Waals surface area (Å²) in [5.74, 6) is 0.0300. The summed E-state index contributed by atoms with van der Waals surface area (Å²) < 4.78 is 0. The Morgan fingerprint density at radius 1 is 1.21 bits per heavy atom. The number of aromatic amines is 1. The van der Waals surface area contributed by atoms with Crippen molar-refractivity contribution in [3.63, 3.8) is 0 Å². The van der Waals surface area contributed by atoms with Crippen LogP contribution in [0.2, 0.25) is 0 Å². The van der Waals surface area contributed by atoms with Crippen LogP contribution in [0.3, 0.4) is 0 Å². The van der Waals surface area contributed by atoms with Gasteiger partial charge in [-0.15, -0.1) is 0 Å². The lowest BCUT2D eigenvalue weighted by Crippen LogP contribution is -2.31. The first-order chi connectivity index (χ1) is 9.20. The number of aryl methyl sites for hydroxylation is 1. The highest BCUT2D eigenvalue weighted by Crippen LogP contribution is 2.35. The minimum absolute atomic E-state index is 0.0300. The first kappa shape index (κ1) is 11.8. The maximum Gasteiger partial charge on any atom is 0.276 e. The SMILES string of the molecule is CCCN1C(=O)c2[nH]c(C)cc2Nc2ccccc21. The van der Waals surface area contributed by atoms with E-state index in [9.17, 15) is 4.79 Å². The van der Waals surface area contributed by atoms with E-state index in [0.717, 1.165) is 35.7 Å². The Morgan fingerprint density at radius 3 is 2.79 bits per heavy atom. The van der Waals surface area contributed by atoms with Crippen molar-refractivity contribution >= 4 is 23.0 Å². The van der Waals surface area contributed by atoms with E-state index < -0.39 is 0 Å². The number of H-pyrrole nitrogens is 1. The molecule has 1 amide bonds. The summed E-state index contributed by atoms with van der Waals surface area (Å²) in [4.78, 5) is 17.7. The maximum absolute atomic E-state index is 12.7. The lowest BCUT2D eigenvalue weighted by molar-refractivity contribution is 0.0984. The Kier molecular flexibility index (Phi) is 2.78. The second kappa shape index (κ2) is 4.46. The van der Waals surface area contributed by atoms with Crippen LogP contribution in [0.25, 0.3) is 0 Å². The number of carbonyl (C=O) groups is 1. The molecule has 3 rings (SSSR count). The molecule has 0 spiro atoms. The summed E-state index contributed by atoms with van der Waals surface area (Å²) in [6, 6.07) is 9.89. The zero-order valence-corrected chi connectivity index (χ0v) is 11.2. The maximum atomic E-state index is 12.7. The van der Waals surface area contributed by atoms with Crippen LogP contribution in [-0.4, -0.2) is 17.4 Å². The highest BCUT2D eigenvalue weighted by Gasteiger charge is 2.27. The number of aromatic nitrogens is 1. The average Bonchev–Trinajstić information content (AvgIpc) is 2.73. The molecule has 0 saturated carbocycles. The number of para-hydroxylation sites is 2. The molecule has 19 heavy (non-hydrogen) atoms. The van der Waals surface area contributed by atoms with Gasteiger partial charge in [0.1, 0.15) is 5.69 Å². The summed E-state index contributed by atoms with van der Waals surface area (Å²) >= 11 is 0. The molecule has 0 unspecified atom stereocenters. The molecule has 0 aliphatic carbocycles. The number of nitrogens with one attached hydrogen (secondary N) is 2. The van der Waals surface area contributed by atoms with Crippen molar-refractivity contribution in [2.75, 3.05) is 16.8 Å². The van der Waals surface area contributed by atoms with Crippen LogP contribution in [0.15, 0.2) is 30.3 Å². The van der Waals surface area contributed by atoms with Gasteiger partial charge in [0.15, 0.2) is 0 Å². The van der Waals surface area contributed by atoms with E-state index in [-0.39, 0.29) is 5.91 Å². The second-order valence-electron chi connectivity index (χ2n) is 4.84. The number of amides is 1. The van der Waals surface area contributed by atoms with E-state index in [1.807, 2.05) is 42.2 Å². The normalized spacial score (nSPS) is 13.6. The van der Waals surface area contributed by atoms with Crippen LogP contribution in [0.4, 0.5) is 17.1 Å². The third-order valence-electron chi connectivity index (χ3n) is 3.32. The lowest BCUT2D eigenvalue weighted by Gasteiger charge is -2.21. The van der Waals surface area contributed by atoms with Gasteiger partial charge in [-0.25, -0.2) is 0 Å². The van der Waals surface area contributed by atoms with Gasteiger partial charge in [0, 0.05) is 12.2 Å². The number of hydrogen-bond acceptors (Lipinski definition) is 2. The van der Waals surface area contributed by atoms with Crippen LogP contribution < -0.4 is 10.2 Å². The standard InChI is InChI=1S/C15H17N3O/c1-3-8-18-13-7-5-4-6-11(13)17-12-9-10(2)16-14(12)15(18)19/h4-7,9,16-17H,3,8H2,1-2H3. The molecule has 1 aliphatic rings. The molecule has 98 valence electrons. The van der Waals surface area contributed by atoms with Crippen molar-refractivity contribution in [1.82, 2.24) is 4.98 Å². The highest BCUT2D eigenvalue weighted by molar-refractivity contribution is 6.12. The predicted octanol–water partition coefficient (Wildman–Crippen LogP) is 3.44. The van der Waals surface area contributed by atoms with Gasteiger partial charge in [-0.2, -0.15) is 0 Å². The number of hydrogen-bond donors (Lipinski definition) is 2. The predicted molar refractivity (Wildman–Crippen MR) is 77.2 cm³/mol. The van der Waals surface area contributed by atoms with Crippen molar-refractivity contribution in [3.8, 4) is 0 Å². The molecular formula is C15H17N3O. The fraction of sp³-hybridized carbons (Fsp3) is 0.267. The summed E-state index contributed by atoms with van der Waals surface area (Å²) in [7, 11) is 0. The smallest absolute Gasteiger partial charge is 0.276 e. The third kappa shape index (κ3) is 1.89. The monoisotopic (exact) mass is 255 g/mol. The summed E-state index contributed by atoms with van der Waals surface area (Å²) in [6.45, 7) is 4.75. The number of fused-ring (bicyclic) bond motifs is 2. The average molecular weight is 255 g/mol. The van der Waals surface area contributed by atoms with Gasteiger partial charge in [0.2, 0.25) is 0 Å². The zero-order chi connectivity index (χ0) is 13.4. The van der Waals surface area contributed by atoms with Gasteiger partial charge in [-0.05, 0) is 31.5 Å². The quantitative estimate of drug-likeness (QED) is 0.863. The van der Waals surface area contributed by atoms with Crippen molar-refractivity contribution in [2.45, 2.75) is 20.3 Å². The van der Waals surface area contributed by atoms with Crippen molar-refractivity contribution in [3.05, 3.63) is 41.7 Å². The first-order valence-electron chi connectivity index (χ1n) is 6.58. The number of anilines is 3. The molecule has 0 atom stereocenters. The molecule has 2 heterocycles. The minimum Gasteiger partial charge on any atom is -0.353 e. The molecule has 4 nitrogen and oxygen atoms in total. The molecule has 0 radical (unpaired) electrons. The van der Waals surface area contributed by atoms with E-state index >= 15 is 0 Å². The molecule has 1 aromatic carbocycles. The lowest BCUT2D eigenvalue weighted by atomic mass is 10.2. The molecule has 0 bridgehead atoms. The minimum atomic E-state index is 0.0300. The van der Waals surface area contributed by atoms with E-state index in [2.05, 4.69) is 17.2 Å². The van der Waals surface area contributed by atoms with Gasteiger partial charge >= 0.3 is 0 Å². The number of benzene rings is 1. The molecule has 2 aromatic rings. The highest BCUT2D eigenvalue weighted by atomic mass is 16.2. The zero-order valence-electron chi connectivity index (χ0n) is 11.2. The fourth-order valence-electron chi connectivity index (χ4n) is 2.51. The molecule has 2 N–H and O–H groups in total. The first-order valence-corrected chi connectivity index (χ1v) is 6.58. The number of nitrogens with zero attached hydrogens (tertiary/aromatic N) is 1. The molecule has 0 fully saturated rings. The van der Waals surface area contributed by atoms with Crippen LogP contribution in [0.5, 0.6) is 0 Å². The van der Waals surface area contributed by atoms with Gasteiger partial charge < -0.3 is 15.2 Å². The van der Waals surface area contributed by atoms with Crippen molar-refractivity contribution < 1.29 is 4.79 Å². The summed E-state index contributed by atoms with van der Waals surface area (Å²) in [5, 5.41) is 3.35. The fourth-order valence-corrected chi connectivity index (χ4v) is 2.51. The van der Waals surface area contributed by atoms with Crippen LogP contribution in [0, 0.1) is 6.92 Å². The molecule has 1 aromatic heterocycles. The Labute approximate surface area is 112 Å². The topological polar surface area (TPSA) is 48.1 Å². The third-order valence-corrected chi connectivity index (χ3v) is 3.32. The van der Waals surface area contributed by atoms with Crippen LogP contribution in [0.1, 0.15) is 29.5 Å². The summed E-state index contributed by atoms with van der Waals surface area (Å²) in [5.41, 5.74) is 4.40. The van der Waals surface area contributed by atoms with Gasteiger partial charge in [-0.3, -0.25) is 4.79 Å². The largest absolute Gasteiger partial charge is 0.353 e. The van der Waals surface area contributed by atoms with Gasteiger partial charge in [0.05, 0.1) is 17.1 Å².